The predicted molar refractivity (Wildman–Crippen MR) is 335 cm³/mol. The van der Waals surface area contributed by atoms with Crippen LogP contribution in [0, 0.1) is 0 Å². The number of ether oxygens (including phenoxy) is 3. The lowest BCUT2D eigenvalue weighted by Crippen LogP contribution is -2.30. The molecule has 0 saturated heterocycles. The molecule has 0 saturated carbocycles. The quantitative estimate of drug-likeness (QED) is 0.0261. The molecule has 6 heteroatoms. The lowest BCUT2D eigenvalue weighted by Gasteiger charge is -2.18. The van der Waals surface area contributed by atoms with Crippen LogP contribution in [0.1, 0.15) is 355 Å². The van der Waals surface area contributed by atoms with Crippen molar-refractivity contribution in [3.05, 3.63) is 60.8 Å². The fourth-order valence-electron chi connectivity index (χ4n) is 10.0. The van der Waals surface area contributed by atoms with Gasteiger partial charge in [0.2, 0.25) is 0 Å². The van der Waals surface area contributed by atoms with Crippen molar-refractivity contribution in [2.75, 3.05) is 13.2 Å². The molecule has 0 radical (unpaired) electrons. The fraction of sp³-hybridized carbons (Fsp3) is 0.817. The molecule has 0 amide bonds. The summed E-state index contributed by atoms with van der Waals surface area (Å²) in [5, 5.41) is 0. The van der Waals surface area contributed by atoms with Crippen LogP contribution < -0.4 is 0 Å². The molecule has 0 aliphatic carbocycles. The van der Waals surface area contributed by atoms with Gasteiger partial charge in [-0.05, 0) is 64.2 Å². The lowest BCUT2D eigenvalue weighted by molar-refractivity contribution is -0.167. The van der Waals surface area contributed by atoms with E-state index in [0.717, 1.165) is 96.3 Å². The first-order chi connectivity index (χ1) is 38.0. The minimum atomic E-state index is -0.786. The van der Waals surface area contributed by atoms with Gasteiger partial charge in [0.05, 0.1) is 0 Å². The fourth-order valence-corrected chi connectivity index (χ4v) is 10.0. The van der Waals surface area contributed by atoms with Gasteiger partial charge in [0.25, 0.3) is 0 Å². The Morgan fingerprint density at radius 1 is 0.273 bits per heavy atom. The standard InChI is InChI=1S/C71H128O6/c1-4-7-10-13-16-19-22-25-28-31-34-37-40-43-46-49-52-55-58-61-64-70(73)76-67-68(66-75-69(72)63-60-57-54-51-48-45-42-39-36-33-30-27-24-21-18-15-12-9-6-3)77-71(74)65-62-59-56-53-50-47-44-41-38-35-32-29-26-23-20-17-14-11-8-5-2/h9,12,18,21,27,30,36,39,45,48,68H,4-8,10-11,13-17,19-20,22-26,28-29,31-35,37-38,40-44,46-47,49-67H2,1-3H3/b12-9-,21-18-,30-27-,39-36-,48-45-. The molecule has 0 fully saturated rings. The summed E-state index contributed by atoms with van der Waals surface area (Å²) in [4.78, 5) is 38.4. The molecule has 0 heterocycles. The van der Waals surface area contributed by atoms with E-state index in [2.05, 4.69) is 81.5 Å². The smallest absolute Gasteiger partial charge is 0.306 e. The molecule has 0 aromatic carbocycles. The summed E-state index contributed by atoms with van der Waals surface area (Å²) in [5.74, 6) is -0.888. The van der Waals surface area contributed by atoms with Crippen LogP contribution in [0.15, 0.2) is 60.8 Å². The first-order valence-corrected chi connectivity index (χ1v) is 33.8. The van der Waals surface area contributed by atoms with Crippen LogP contribution in [0.4, 0.5) is 0 Å². The highest BCUT2D eigenvalue weighted by molar-refractivity contribution is 5.71. The van der Waals surface area contributed by atoms with Crippen molar-refractivity contribution < 1.29 is 28.6 Å². The minimum Gasteiger partial charge on any atom is -0.462 e. The monoisotopic (exact) mass is 1080 g/mol. The van der Waals surface area contributed by atoms with Gasteiger partial charge in [-0.25, -0.2) is 0 Å². The van der Waals surface area contributed by atoms with E-state index in [9.17, 15) is 14.4 Å². The number of esters is 3. The van der Waals surface area contributed by atoms with E-state index < -0.39 is 6.10 Å². The molecule has 0 bridgehead atoms. The molecule has 0 rings (SSSR count). The molecule has 0 N–H and O–H groups in total. The highest BCUT2D eigenvalue weighted by Gasteiger charge is 2.19. The van der Waals surface area contributed by atoms with Crippen LogP contribution in [0.3, 0.4) is 0 Å². The van der Waals surface area contributed by atoms with Crippen molar-refractivity contribution in [2.24, 2.45) is 0 Å². The van der Waals surface area contributed by atoms with Crippen molar-refractivity contribution in [1.82, 2.24) is 0 Å². The van der Waals surface area contributed by atoms with Gasteiger partial charge in [-0.2, -0.15) is 0 Å². The lowest BCUT2D eigenvalue weighted by atomic mass is 10.0. The van der Waals surface area contributed by atoms with Crippen LogP contribution in [0.25, 0.3) is 0 Å². The number of carbonyl (C=O) groups excluding carboxylic acids is 3. The summed E-state index contributed by atoms with van der Waals surface area (Å²) in [5.41, 5.74) is 0. The predicted octanol–water partition coefficient (Wildman–Crippen LogP) is 23.1. The van der Waals surface area contributed by atoms with Crippen molar-refractivity contribution >= 4 is 17.9 Å². The average molecular weight is 1080 g/mol. The molecule has 1 unspecified atom stereocenters. The van der Waals surface area contributed by atoms with Crippen LogP contribution in [0.2, 0.25) is 0 Å². The Labute approximate surface area is 479 Å². The highest BCUT2D eigenvalue weighted by Crippen LogP contribution is 2.18. The van der Waals surface area contributed by atoms with E-state index in [1.807, 2.05) is 0 Å². The normalized spacial score (nSPS) is 12.4. The van der Waals surface area contributed by atoms with E-state index in [0.29, 0.717) is 19.3 Å². The maximum absolute atomic E-state index is 12.9. The Balaban J connectivity index is 4.38. The summed E-state index contributed by atoms with van der Waals surface area (Å²) < 4.78 is 17.0. The first kappa shape index (κ1) is 74.1. The number of carbonyl (C=O) groups is 3. The highest BCUT2D eigenvalue weighted by atomic mass is 16.6. The maximum Gasteiger partial charge on any atom is 0.306 e. The topological polar surface area (TPSA) is 78.9 Å². The summed E-state index contributed by atoms with van der Waals surface area (Å²) in [6.07, 6.45) is 83.8. The Morgan fingerprint density at radius 3 is 0.792 bits per heavy atom. The summed E-state index contributed by atoms with van der Waals surface area (Å²) in [6, 6.07) is 0. The Morgan fingerprint density at radius 2 is 0.506 bits per heavy atom. The number of allylic oxidation sites excluding steroid dienone is 10. The number of hydrogen-bond donors (Lipinski definition) is 0. The van der Waals surface area contributed by atoms with Gasteiger partial charge < -0.3 is 14.2 Å². The van der Waals surface area contributed by atoms with Crippen molar-refractivity contribution in [1.29, 1.82) is 0 Å². The van der Waals surface area contributed by atoms with Crippen LogP contribution >= 0.6 is 0 Å². The van der Waals surface area contributed by atoms with E-state index in [1.54, 1.807) is 0 Å². The minimum absolute atomic E-state index is 0.0798. The van der Waals surface area contributed by atoms with Gasteiger partial charge in [0.1, 0.15) is 13.2 Å². The van der Waals surface area contributed by atoms with E-state index in [4.69, 9.17) is 14.2 Å². The Hall–Kier alpha value is -2.89. The van der Waals surface area contributed by atoms with Gasteiger partial charge in [-0.15, -0.1) is 0 Å². The third-order valence-electron chi connectivity index (χ3n) is 15.0. The molecule has 0 aliphatic heterocycles. The second-order valence-electron chi connectivity index (χ2n) is 22.7. The molecule has 448 valence electrons. The number of unbranched alkanes of at least 4 members (excludes halogenated alkanes) is 41. The first-order valence-electron chi connectivity index (χ1n) is 33.8. The van der Waals surface area contributed by atoms with E-state index in [1.165, 1.54) is 218 Å². The zero-order valence-corrected chi connectivity index (χ0v) is 51.5. The van der Waals surface area contributed by atoms with Gasteiger partial charge in [-0.3, -0.25) is 14.4 Å². The zero-order valence-electron chi connectivity index (χ0n) is 51.5. The molecule has 0 spiro atoms. The van der Waals surface area contributed by atoms with Crippen molar-refractivity contribution in [3.8, 4) is 0 Å². The third-order valence-corrected chi connectivity index (χ3v) is 15.0. The molecule has 1 atom stereocenters. The SMILES string of the molecule is CC/C=C\C/C=C\C/C=C\C/C=C\C/C=C\CCCCCC(=O)OCC(COC(=O)CCCCCCCCCCCCCCCCCCCCCC)OC(=O)CCCCCCCCCCCCCCCCCCCCCC. The van der Waals surface area contributed by atoms with Crippen LogP contribution in [-0.2, 0) is 28.6 Å². The average Bonchev–Trinajstić information content (AvgIpc) is 3.43. The molecule has 6 nitrogen and oxygen atoms in total. The molecule has 0 aliphatic rings. The van der Waals surface area contributed by atoms with E-state index >= 15 is 0 Å². The van der Waals surface area contributed by atoms with Crippen LogP contribution in [-0.4, -0.2) is 37.2 Å². The Kier molecular flexibility index (Phi) is 63.2. The van der Waals surface area contributed by atoms with Crippen molar-refractivity contribution in [3.63, 3.8) is 0 Å². The summed E-state index contributed by atoms with van der Waals surface area (Å²) in [6.45, 7) is 6.57. The molecule has 77 heavy (non-hydrogen) atoms. The largest absolute Gasteiger partial charge is 0.462 e. The second-order valence-corrected chi connectivity index (χ2v) is 22.7. The summed E-state index contributed by atoms with van der Waals surface area (Å²) in [7, 11) is 0. The molecule has 0 aromatic heterocycles. The second kappa shape index (κ2) is 65.6. The van der Waals surface area contributed by atoms with Gasteiger partial charge in [0.15, 0.2) is 6.10 Å². The molecule has 0 aromatic rings. The molecular weight excluding hydrogens is 949 g/mol. The number of hydrogen-bond acceptors (Lipinski definition) is 6. The maximum atomic E-state index is 12.9. The zero-order chi connectivity index (χ0) is 55.7. The van der Waals surface area contributed by atoms with Crippen molar-refractivity contribution in [2.45, 2.75) is 361 Å². The van der Waals surface area contributed by atoms with Gasteiger partial charge in [-0.1, -0.05) is 332 Å². The Bertz CT molecular complexity index is 1380. The third kappa shape index (κ3) is 63.8. The van der Waals surface area contributed by atoms with E-state index in [-0.39, 0.29) is 31.1 Å². The summed E-state index contributed by atoms with van der Waals surface area (Å²) >= 11 is 0. The number of rotatable bonds is 62. The van der Waals surface area contributed by atoms with Gasteiger partial charge in [0, 0.05) is 19.3 Å². The van der Waals surface area contributed by atoms with Crippen LogP contribution in [0.5, 0.6) is 0 Å². The van der Waals surface area contributed by atoms with Gasteiger partial charge >= 0.3 is 17.9 Å². The molecular formula is C71H128O6.